The molecule has 2 aliphatic rings. The van der Waals surface area contributed by atoms with E-state index in [0.29, 0.717) is 5.57 Å². The summed E-state index contributed by atoms with van der Waals surface area (Å²) in [6, 6.07) is -1.48. The Morgan fingerprint density at radius 1 is 1.48 bits per heavy atom. The molecule has 3 atom stereocenters. The Morgan fingerprint density at radius 2 is 2.17 bits per heavy atom. The Labute approximate surface area is 178 Å². The Hall–Kier alpha value is -2.34. The number of aromatic nitrogens is 2. The molecule has 1 aromatic rings. The summed E-state index contributed by atoms with van der Waals surface area (Å²) < 4.78 is 7.15. The first-order valence-corrected chi connectivity index (χ1v) is 10.5. The van der Waals surface area contributed by atoms with Crippen molar-refractivity contribution in [1.29, 1.82) is 0 Å². The minimum absolute atomic E-state index is 0.190. The number of halogens is 1. The van der Waals surface area contributed by atoms with Crippen LogP contribution in [0.2, 0.25) is 0 Å². The van der Waals surface area contributed by atoms with Gasteiger partial charge in [-0.3, -0.25) is 24.0 Å². The monoisotopic (exact) mass is 486 g/mol. The molecule has 3 rings (SSSR count). The second-order valence-electron chi connectivity index (χ2n) is 6.65. The number of aryl methyl sites for hydroxylation is 1. The van der Waals surface area contributed by atoms with Gasteiger partial charge in [0.1, 0.15) is 29.8 Å². The highest BCUT2D eigenvalue weighted by molar-refractivity contribution is 9.10. The van der Waals surface area contributed by atoms with Crippen LogP contribution in [0.1, 0.15) is 25.6 Å². The number of carboxylic acids is 1. The summed E-state index contributed by atoms with van der Waals surface area (Å²) in [5.41, 5.74) is 0.886. The highest BCUT2D eigenvalue weighted by Crippen LogP contribution is 2.40. The van der Waals surface area contributed by atoms with E-state index in [1.807, 2.05) is 0 Å². The topological polar surface area (TPSA) is 131 Å². The average Bonchev–Trinajstić information content (AvgIpc) is 3.00. The Morgan fingerprint density at radius 3 is 2.72 bits per heavy atom. The largest absolute Gasteiger partial charge is 0.477 e. The van der Waals surface area contributed by atoms with Gasteiger partial charge in [0.2, 0.25) is 5.91 Å². The molecule has 1 fully saturated rings. The number of carboxylic acid groups (broad SMARTS) is 1. The Bertz CT molecular complexity index is 910. The molecule has 0 spiro atoms. The van der Waals surface area contributed by atoms with Gasteiger partial charge in [-0.15, -0.1) is 11.8 Å². The van der Waals surface area contributed by atoms with E-state index in [-0.39, 0.29) is 18.1 Å². The standard InChI is InChI=1S/C17H19BrN4O6S/c1-7-11(18)4-21(20-7)8(2)14(24)19-12-15(25)22-13(17(26)27)10(5-28-9(3)23)6-29-16(12)22/h4,8,12,16H,5-6H2,1-3H3,(H,19,24)(H,26,27)/t8-,12-,16+/m0/s1. The number of hydrogen-bond donors (Lipinski definition) is 2. The molecule has 0 aromatic carbocycles. The maximum absolute atomic E-state index is 12.6. The SMILES string of the molecule is CC(=O)OCC1=C(C(=O)O)N2C(=O)[C@H](NC(=O)[C@H](C)n3cc(Br)c(C)n3)[C@H]2SC1. The van der Waals surface area contributed by atoms with Crippen molar-refractivity contribution in [3.8, 4) is 0 Å². The minimum Gasteiger partial charge on any atom is -0.477 e. The van der Waals surface area contributed by atoms with Crippen molar-refractivity contribution in [2.24, 2.45) is 0 Å². The fourth-order valence-corrected chi connectivity index (χ4v) is 4.65. The van der Waals surface area contributed by atoms with Gasteiger partial charge in [-0.1, -0.05) is 0 Å². The molecule has 12 heteroatoms. The number of carbonyl (C=O) groups excluding carboxylic acids is 3. The Balaban J connectivity index is 1.72. The van der Waals surface area contributed by atoms with Crippen LogP contribution in [0.25, 0.3) is 0 Å². The van der Waals surface area contributed by atoms with Gasteiger partial charge in [-0.25, -0.2) is 4.79 Å². The van der Waals surface area contributed by atoms with E-state index in [1.165, 1.54) is 23.4 Å². The van der Waals surface area contributed by atoms with Crippen LogP contribution in [-0.2, 0) is 23.9 Å². The number of nitrogens with one attached hydrogen (secondary N) is 1. The average molecular weight is 487 g/mol. The molecule has 3 heterocycles. The number of aliphatic carboxylic acids is 1. The van der Waals surface area contributed by atoms with Crippen LogP contribution < -0.4 is 5.32 Å². The van der Waals surface area contributed by atoms with Gasteiger partial charge >= 0.3 is 11.9 Å². The van der Waals surface area contributed by atoms with Crippen molar-refractivity contribution in [2.45, 2.75) is 38.2 Å². The van der Waals surface area contributed by atoms with Gasteiger partial charge in [0.25, 0.3) is 5.91 Å². The van der Waals surface area contributed by atoms with Crippen LogP contribution in [0.15, 0.2) is 21.9 Å². The number of carbonyl (C=O) groups is 4. The number of esters is 1. The quantitative estimate of drug-likeness (QED) is 0.446. The van der Waals surface area contributed by atoms with Crippen molar-refractivity contribution in [3.05, 3.63) is 27.6 Å². The van der Waals surface area contributed by atoms with E-state index in [9.17, 15) is 24.3 Å². The number of thioether (sulfide) groups is 1. The zero-order chi connectivity index (χ0) is 21.5. The Kier molecular flexibility index (Phi) is 6.03. The lowest BCUT2D eigenvalue weighted by Gasteiger charge is -2.49. The highest BCUT2D eigenvalue weighted by atomic mass is 79.9. The molecule has 2 amide bonds. The van der Waals surface area contributed by atoms with Gasteiger partial charge in [-0.2, -0.15) is 5.10 Å². The van der Waals surface area contributed by atoms with Crippen molar-refractivity contribution in [3.63, 3.8) is 0 Å². The number of ether oxygens (including phenoxy) is 1. The lowest BCUT2D eigenvalue weighted by Crippen LogP contribution is -2.71. The van der Waals surface area contributed by atoms with Crippen molar-refractivity contribution < 1.29 is 29.0 Å². The van der Waals surface area contributed by atoms with Gasteiger partial charge in [0, 0.05) is 24.4 Å². The fourth-order valence-electron chi connectivity index (χ4n) is 3.03. The van der Waals surface area contributed by atoms with Crippen molar-refractivity contribution in [2.75, 3.05) is 12.4 Å². The summed E-state index contributed by atoms with van der Waals surface area (Å²) >= 11 is 4.65. The molecule has 0 aliphatic carbocycles. The highest BCUT2D eigenvalue weighted by Gasteiger charge is 2.54. The summed E-state index contributed by atoms with van der Waals surface area (Å²) in [7, 11) is 0. The number of nitrogens with zero attached hydrogens (tertiary/aromatic N) is 3. The van der Waals surface area contributed by atoms with Crippen molar-refractivity contribution >= 4 is 51.4 Å². The fraction of sp³-hybridized carbons (Fsp3) is 0.471. The van der Waals surface area contributed by atoms with Crippen LogP contribution in [0, 0.1) is 6.92 Å². The first-order valence-electron chi connectivity index (χ1n) is 8.66. The number of fused-ring (bicyclic) bond motifs is 1. The number of β-lactam (4-membered cyclic amide) rings is 1. The zero-order valence-electron chi connectivity index (χ0n) is 15.8. The maximum Gasteiger partial charge on any atom is 0.352 e. The third kappa shape index (κ3) is 4.04. The molecule has 10 nitrogen and oxygen atoms in total. The lowest BCUT2D eigenvalue weighted by molar-refractivity contribution is -0.151. The van der Waals surface area contributed by atoms with Crippen LogP contribution in [0.4, 0.5) is 0 Å². The molecule has 29 heavy (non-hydrogen) atoms. The van der Waals surface area contributed by atoms with E-state index < -0.39 is 41.2 Å². The molecule has 156 valence electrons. The summed E-state index contributed by atoms with van der Waals surface area (Å²) in [6.07, 6.45) is 1.68. The summed E-state index contributed by atoms with van der Waals surface area (Å²) in [4.78, 5) is 49.1. The second kappa shape index (κ2) is 8.19. The molecule has 2 N–H and O–H groups in total. The number of hydrogen-bond acceptors (Lipinski definition) is 7. The lowest BCUT2D eigenvalue weighted by atomic mass is 10.0. The number of amides is 2. The van der Waals surface area contributed by atoms with Crippen LogP contribution >= 0.6 is 27.7 Å². The smallest absolute Gasteiger partial charge is 0.352 e. The van der Waals surface area contributed by atoms with Crippen LogP contribution in [0.3, 0.4) is 0 Å². The normalized spacial score (nSPS) is 21.9. The van der Waals surface area contributed by atoms with Crippen LogP contribution in [0.5, 0.6) is 0 Å². The van der Waals surface area contributed by atoms with E-state index in [4.69, 9.17) is 4.74 Å². The van der Waals surface area contributed by atoms with Gasteiger partial charge < -0.3 is 15.2 Å². The molecule has 0 saturated carbocycles. The molecular weight excluding hydrogens is 468 g/mol. The molecule has 0 bridgehead atoms. The maximum atomic E-state index is 12.6. The summed E-state index contributed by atoms with van der Waals surface area (Å²) in [6.45, 7) is 4.48. The van der Waals surface area contributed by atoms with Gasteiger partial charge in [0.15, 0.2) is 0 Å². The van der Waals surface area contributed by atoms with E-state index in [2.05, 4.69) is 26.3 Å². The van der Waals surface area contributed by atoms with E-state index >= 15 is 0 Å². The predicted molar refractivity (Wildman–Crippen MR) is 106 cm³/mol. The third-order valence-corrected chi connectivity index (χ3v) is 6.75. The molecule has 0 unspecified atom stereocenters. The summed E-state index contributed by atoms with van der Waals surface area (Å²) in [5, 5.41) is 15.9. The molecule has 1 aromatic heterocycles. The van der Waals surface area contributed by atoms with Gasteiger partial charge in [-0.05, 0) is 29.8 Å². The van der Waals surface area contributed by atoms with Crippen LogP contribution in [-0.4, -0.2) is 67.3 Å². The van der Waals surface area contributed by atoms with E-state index in [0.717, 1.165) is 15.1 Å². The second-order valence-corrected chi connectivity index (χ2v) is 8.61. The predicted octanol–water partition coefficient (Wildman–Crippen LogP) is 0.817. The first-order chi connectivity index (χ1) is 13.6. The van der Waals surface area contributed by atoms with Gasteiger partial charge in [0.05, 0.1) is 10.2 Å². The van der Waals surface area contributed by atoms with E-state index in [1.54, 1.807) is 20.0 Å². The number of rotatable bonds is 6. The first kappa shape index (κ1) is 21.4. The van der Waals surface area contributed by atoms with Crippen molar-refractivity contribution in [1.82, 2.24) is 20.0 Å². The zero-order valence-corrected chi connectivity index (χ0v) is 18.2. The molecular formula is C17H19BrN4O6S. The third-order valence-electron chi connectivity index (χ3n) is 4.63. The molecule has 0 radical (unpaired) electrons. The molecule has 1 saturated heterocycles. The minimum atomic E-state index is -1.28. The summed E-state index contributed by atoms with van der Waals surface area (Å²) in [5.74, 6) is -2.45. The molecule has 2 aliphatic heterocycles.